The van der Waals surface area contributed by atoms with E-state index in [4.69, 9.17) is 0 Å². The topological polar surface area (TPSA) is 0 Å². The fourth-order valence-electron chi connectivity index (χ4n) is 1.73. The molecule has 0 fully saturated rings. The van der Waals surface area contributed by atoms with E-state index in [-0.39, 0.29) is 482 Å². The van der Waals surface area contributed by atoms with Crippen LogP contribution in [0.5, 0.6) is 0 Å². The maximum absolute atomic E-state index is 3.49. The Kier molecular flexibility index (Phi) is 1460. The third-order valence-corrected chi connectivity index (χ3v) is 3.46. The van der Waals surface area contributed by atoms with Crippen LogP contribution in [0.1, 0.15) is 240 Å². The summed E-state index contributed by atoms with van der Waals surface area (Å²) >= 11 is 0. The van der Waals surface area contributed by atoms with Gasteiger partial charge in [0.15, 0.2) is 0 Å². The van der Waals surface area contributed by atoms with Crippen molar-refractivity contribution in [2.45, 2.75) is 240 Å². The first-order valence-corrected chi connectivity index (χ1v) is 20.4. The zero-order valence-corrected chi connectivity index (χ0v) is 91.4. The van der Waals surface area contributed by atoms with Crippen LogP contribution < -0.4 is 0 Å². The molecule has 0 amide bonds. The fraction of sp³-hybridized carbons (Fsp3) is 0.600. The minimum absolute atomic E-state index is 0. The number of rotatable bonds is 12. The third kappa shape index (κ3) is 883. The van der Waals surface area contributed by atoms with Crippen molar-refractivity contribution in [3.05, 3.63) is 169 Å². The SMILES string of the molecule is C[CH-]CCC.C[CH-]CCC.C[CH-]CCC.C[CH-]CCC.C[CH-]CCC.C[CH-]CCC.[CH2-]CC.[CH2-]CC.[CH2-]CC.[CH2-]CC.[CH2-]CC.[CH2-]CC.[CH3-].[CH3-].[CH3-].[CH3-].[CH3-].[CH3-].[CH3-].[CH3-].[CH3-].[CH3-].[CH3-].[CH3-].[Y].[Y].[Y].[Y].[Y].[Y].[Y].[Y].[Y].[Y].[Y].[Y]. The molecule has 0 aromatic carbocycles. The van der Waals surface area contributed by atoms with Gasteiger partial charge in [0.25, 0.3) is 0 Å². The van der Waals surface area contributed by atoms with Crippen molar-refractivity contribution in [2.24, 2.45) is 0 Å². The van der Waals surface area contributed by atoms with Gasteiger partial charge in [-0.1, -0.05) is 122 Å². The maximum Gasteiger partial charge on any atom is 0 e. The predicted molar refractivity (Wildman–Crippen MR) is 320 cm³/mol. The molecule has 0 aromatic rings. The number of hydrogen-bond donors (Lipinski definition) is 0. The molecule has 444 valence electrons. The van der Waals surface area contributed by atoms with E-state index in [1.165, 1.54) is 77.0 Å². The fourth-order valence-corrected chi connectivity index (χ4v) is 1.73. The Balaban J connectivity index is -0.00000000563. The molecule has 0 spiro atoms. The zero-order chi connectivity index (χ0) is 41.0. The summed E-state index contributed by atoms with van der Waals surface area (Å²) in [5, 5.41) is 0. The summed E-state index contributed by atoms with van der Waals surface area (Å²) < 4.78 is 0. The van der Waals surface area contributed by atoms with Crippen LogP contribution in [0.3, 0.4) is 0 Å². The van der Waals surface area contributed by atoms with Gasteiger partial charge in [-0.25, -0.2) is 0 Å². The van der Waals surface area contributed by atoms with Gasteiger partial charge in [0.1, 0.15) is 0 Å². The molecular weight excluding hydrogens is 1790 g/mol. The van der Waals surface area contributed by atoms with E-state index < -0.39 is 0 Å². The van der Waals surface area contributed by atoms with Crippen molar-refractivity contribution < 1.29 is 393 Å². The van der Waals surface area contributed by atoms with Crippen LogP contribution in [0.2, 0.25) is 0 Å². The summed E-state index contributed by atoms with van der Waals surface area (Å²) in [5.41, 5.74) is 0. The smallest absolute Gasteiger partial charge is 0 e. The van der Waals surface area contributed by atoms with Crippen LogP contribution in [0, 0.1) is 169 Å². The molecule has 12 radical (unpaired) electrons. The van der Waals surface area contributed by atoms with E-state index in [2.05, 4.69) is 163 Å². The summed E-state index contributed by atoms with van der Waals surface area (Å²) in [7, 11) is 0. The van der Waals surface area contributed by atoms with E-state index in [9.17, 15) is 0 Å². The quantitative estimate of drug-likeness (QED) is 0.171. The first-order chi connectivity index (χ1) is 23.0. The first kappa shape index (κ1) is 249. The normalized spacial score (nSPS) is 5.00. The summed E-state index contributed by atoms with van der Waals surface area (Å²) in [6, 6.07) is 0. The predicted octanol–water partition coefficient (Wildman–Crippen LogP) is 24.8. The van der Waals surface area contributed by atoms with Crippen molar-refractivity contribution in [3.63, 3.8) is 0 Å². The molecule has 0 bridgehead atoms. The standard InChI is InChI=1S/6C5H11.6C3H7.12CH3.12Y/c6*1-3-5-4-2;6*1-3-2;;;;;;;;;;;;;;;;;;;;;;;;/h6*3H,4-5H2,1-2H3;6*1,3H2,2H3;12*1H3;;;;;;;;;;;;/q24*-1;;;;;;;;;;;;. The molecule has 0 atom stereocenters. The van der Waals surface area contributed by atoms with E-state index >= 15 is 0 Å². The van der Waals surface area contributed by atoms with Crippen molar-refractivity contribution >= 4 is 0 Å². The van der Waals surface area contributed by atoms with Gasteiger partial charge in [-0.3, -0.25) is 0 Å². The largest absolute Gasteiger partial charge is 0.358 e. The molecular formula is C60H144Y12-24. The van der Waals surface area contributed by atoms with Crippen molar-refractivity contribution in [3.8, 4) is 0 Å². The average molecular weight is 1930 g/mol. The van der Waals surface area contributed by atoms with Gasteiger partial charge in [0.2, 0.25) is 0 Å². The molecule has 72 heavy (non-hydrogen) atoms. The van der Waals surface area contributed by atoms with E-state index in [0.717, 1.165) is 38.5 Å². The second-order valence-corrected chi connectivity index (χ2v) is 10.2. The Morgan fingerprint density at radius 2 is 0.222 bits per heavy atom. The molecule has 0 nitrogen and oxygen atoms in total. The summed E-state index contributed by atoms with van der Waals surface area (Å²) in [6.07, 6.45) is 34.4. The van der Waals surface area contributed by atoms with Crippen LogP contribution in [0.4, 0.5) is 0 Å². The van der Waals surface area contributed by atoms with Crippen LogP contribution in [0.15, 0.2) is 0 Å². The van der Waals surface area contributed by atoms with Gasteiger partial charge in [-0.15, -0.1) is 0 Å². The van der Waals surface area contributed by atoms with E-state index in [1.54, 1.807) is 0 Å². The minimum Gasteiger partial charge on any atom is -0.358 e. The second kappa shape index (κ2) is 421. The van der Waals surface area contributed by atoms with Gasteiger partial charge in [0, 0.05) is 393 Å². The van der Waals surface area contributed by atoms with Gasteiger partial charge in [-0.05, 0) is 0 Å². The van der Waals surface area contributed by atoms with Gasteiger partial charge in [-0.2, -0.15) is 119 Å². The van der Waals surface area contributed by atoms with Crippen molar-refractivity contribution in [2.75, 3.05) is 0 Å². The molecule has 0 saturated carbocycles. The molecule has 0 aliphatic carbocycles. The summed E-state index contributed by atoms with van der Waals surface area (Å²) in [5.74, 6) is 0. The Hall–Kier alpha value is 13.2. The molecule has 0 heterocycles. The first-order valence-electron chi connectivity index (χ1n) is 20.4. The molecule has 0 N–H and O–H groups in total. The van der Waals surface area contributed by atoms with Crippen molar-refractivity contribution in [1.29, 1.82) is 0 Å². The molecule has 0 aromatic heterocycles. The summed E-state index contributed by atoms with van der Waals surface area (Å²) in [6.45, 7) is 58.6. The Labute approximate surface area is 784 Å². The molecule has 0 rings (SSSR count). The summed E-state index contributed by atoms with van der Waals surface area (Å²) in [4.78, 5) is 0. The van der Waals surface area contributed by atoms with E-state index in [1.807, 2.05) is 41.5 Å². The van der Waals surface area contributed by atoms with Gasteiger partial charge in [0.05, 0.1) is 0 Å². The third-order valence-electron chi connectivity index (χ3n) is 3.46. The minimum atomic E-state index is 0. The second-order valence-electron chi connectivity index (χ2n) is 10.2. The zero-order valence-electron chi connectivity index (χ0n) is 57.4. The van der Waals surface area contributed by atoms with Crippen LogP contribution in [-0.4, -0.2) is 0 Å². The molecule has 0 aliphatic rings. The van der Waals surface area contributed by atoms with Gasteiger partial charge < -0.3 is 169 Å². The van der Waals surface area contributed by atoms with Crippen molar-refractivity contribution in [1.82, 2.24) is 0 Å². The Morgan fingerprint density at radius 3 is 0.222 bits per heavy atom. The molecule has 0 aliphatic heterocycles. The Bertz CT molecular complexity index is 193. The monoisotopic (exact) mass is 1930 g/mol. The molecule has 0 unspecified atom stereocenters. The Morgan fingerprint density at radius 1 is 0.181 bits per heavy atom. The maximum atomic E-state index is 3.49. The van der Waals surface area contributed by atoms with E-state index in [0.29, 0.717) is 0 Å². The molecule has 0 saturated heterocycles. The average Bonchev–Trinajstić information content (AvgIpc) is 3.04. The number of unbranched alkanes of at least 4 members (excludes halogenated alkanes) is 12. The van der Waals surface area contributed by atoms with Crippen LogP contribution in [0.25, 0.3) is 0 Å². The number of hydrogen-bond acceptors (Lipinski definition) is 0. The van der Waals surface area contributed by atoms with Gasteiger partial charge >= 0.3 is 0 Å². The van der Waals surface area contributed by atoms with Crippen LogP contribution >= 0.6 is 0 Å². The molecule has 12 heteroatoms. The van der Waals surface area contributed by atoms with Crippen LogP contribution in [-0.2, 0) is 393 Å².